The van der Waals surface area contributed by atoms with E-state index in [1.54, 1.807) is 0 Å². The molecule has 15 heavy (non-hydrogen) atoms. The average molecular weight is 278 g/mol. The van der Waals surface area contributed by atoms with Crippen molar-refractivity contribution in [1.82, 2.24) is 4.90 Å². The van der Waals surface area contributed by atoms with Gasteiger partial charge in [0, 0.05) is 24.7 Å². The summed E-state index contributed by atoms with van der Waals surface area (Å²) in [5.74, 6) is -0.301. The summed E-state index contributed by atoms with van der Waals surface area (Å²) in [4.78, 5) is 13.6. The fourth-order valence-electron chi connectivity index (χ4n) is 2.17. The molecule has 0 aromatic carbocycles. The first-order valence-corrected chi connectivity index (χ1v) is 6.50. The van der Waals surface area contributed by atoms with Crippen LogP contribution in [0.5, 0.6) is 0 Å². The van der Waals surface area contributed by atoms with Crippen molar-refractivity contribution in [3.8, 4) is 0 Å². The minimum Gasteiger partial charge on any atom is -0.346 e. The zero-order valence-corrected chi connectivity index (χ0v) is 10.3. The molecule has 1 amide bonds. The van der Waals surface area contributed by atoms with Gasteiger partial charge in [0.1, 0.15) is 0 Å². The summed E-state index contributed by atoms with van der Waals surface area (Å²) in [6.45, 7) is 2.74. The molecule has 0 radical (unpaired) electrons. The number of carbonyl (C=O) groups is 1. The maximum Gasteiger partial charge on any atom is 0.223 e. The SMILES string of the molecule is O=C(CCBr)N1CCCC2(C1)OCCO2. The Morgan fingerprint density at radius 2 is 2.13 bits per heavy atom. The number of ether oxygens (including phenoxy) is 2. The lowest BCUT2D eigenvalue weighted by atomic mass is 10.0. The van der Waals surface area contributed by atoms with Crippen LogP contribution in [-0.2, 0) is 14.3 Å². The van der Waals surface area contributed by atoms with Crippen molar-refractivity contribution >= 4 is 21.8 Å². The zero-order valence-electron chi connectivity index (χ0n) is 8.71. The molecule has 0 aromatic rings. The number of hydrogen-bond acceptors (Lipinski definition) is 3. The smallest absolute Gasteiger partial charge is 0.223 e. The van der Waals surface area contributed by atoms with Gasteiger partial charge < -0.3 is 14.4 Å². The van der Waals surface area contributed by atoms with E-state index in [-0.39, 0.29) is 5.91 Å². The number of nitrogens with zero attached hydrogens (tertiary/aromatic N) is 1. The number of halogens is 1. The number of alkyl halides is 1. The van der Waals surface area contributed by atoms with E-state index in [2.05, 4.69) is 15.9 Å². The van der Waals surface area contributed by atoms with Crippen molar-refractivity contribution in [2.45, 2.75) is 25.0 Å². The number of rotatable bonds is 2. The molecule has 86 valence electrons. The minimum atomic E-state index is -0.486. The Hall–Kier alpha value is -0.130. The van der Waals surface area contributed by atoms with Gasteiger partial charge in [0.25, 0.3) is 0 Å². The Balaban J connectivity index is 1.94. The third-order valence-corrected chi connectivity index (χ3v) is 3.29. The van der Waals surface area contributed by atoms with Gasteiger partial charge in [0.15, 0.2) is 5.79 Å². The van der Waals surface area contributed by atoms with Crippen LogP contribution in [0.1, 0.15) is 19.3 Å². The van der Waals surface area contributed by atoms with Crippen LogP contribution in [0.25, 0.3) is 0 Å². The van der Waals surface area contributed by atoms with Gasteiger partial charge in [-0.1, -0.05) is 15.9 Å². The summed E-state index contributed by atoms with van der Waals surface area (Å²) in [6, 6.07) is 0. The molecule has 0 unspecified atom stereocenters. The predicted octanol–water partition coefficient (Wildman–Crippen LogP) is 1.14. The summed E-state index contributed by atoms with van der Waals surface area (Å²) in [5, 5.41) is 0.719. The lowest BCUT2D eigenvalue weighted by Crippen LogP contribution is -2.51. The van der Waals surface area contributed by atoms with Crippen LogP contribution in [0.4, 0.5) is 0 Å². The number of piperidine rings is 1. The first kappa shape index (κ1) is 11.4. The van der Waals surface area contributed by atoms with E-state index >= 15 is 0 Å². The molecule has 0 bridgehead atoms. The molecular weight excluding hydrogens is 262 g/mol. The van der Waals surface area contributed by atoms with Gasteiger partial charge in [-0.25, -0.2) is 0 Å². The molecular formula is C10H16BrNO3. The highest BCUT2D eigenvalue weighted by Gasteiger charge is 2.41. The summed E-state index contributed by atoms with van der Waals surface area (Å²) in [5.41, 5.74) is 0. The van der Waals surface area contributed by atoms with E-state index in [4.69, 9.17) is 9.47 Å². The Kier molecular flexibility index (Phi) is 3.64. The van der Waals surface area contributed by atoms with Gasteiger partial charge in [-0.05, 0) is 6.42 Å². The third kappa shape index (κ3) is 2.52. The topological polar surface area (TPSA) is 38.8 Å². The molecule has 0 N–H and O–H groups in total. The molecule has 2 saturated heterocycles. The fraction of sp³-hybridized carbons (Fsp3) is 0.900. The van der Waals surface area contributed by atoms with Crippen molar-refractivity contribution in [1.29, 1.82) is 0 Å². The Morgan fingerprint density at radius 3 is 2.80 bits per heavy atom. The van der Waals surface area contributed by atoms with Crippen molar-refractivity contribution < 1.29 is 14.3 Å². The summed E-state index contributed by atoms with van der Waals surface area (Å²) >= 11 is 3.28. The van der Waals surface area contributed by atoms with Gasteiger partial charge in [-0.15, -0.1) is 0 Å². The Bertz CT molecular complexity index is 241. The van der Waals surface area contributed by atoms with Crippen LogP contribution in [0.15, 0.2) is 0 Å². The van der Waals surface area contributed by atoms with Crippen LogP contribution in [-0.4, -0.2) is 48.2 Å². The van der Waals surface area contributed by atoms with Crippen LogP contribution in [0.3, 0.4) is 0 Å². The van der Waals surface area contributed by atoms with Gasteiger partial charge in [0.05, 0.1) is 19.8 Å². The fourth-order valence-corrected chi connectivity index (χ4v) is 2.51. The number of carbonyl (C=O) groups excluding carboxylic acids is 1. The van der Waals surface area contributed by atoms with Crippen molar-refractivity contribution in [2.75, 3.05) is 31.6 Å². The van der Waals surface area contributed by atoms with E-state index in [1.165, 1.54) is 0 Å². The quantitative estimate of drug-likeness (QED) is 0.711. The van der Waals surface area contributed by atoms with Gasteiger partial charge in [-0.3, -0.25) is 4.79 Å². The molecule has 2 heterocycles. The Labute approximate surface area is 98.0 Å². The molecule has 2 fully saturated rings. The molecule has 5 heteroatoms. The van der Waals surface area contributed by atoms with Crippen LogP contribution in [0, 0.1) is 0 Å². The van der Waals surface area contributed by atoms with E-state index in [1.807, 2.05) is 4.90 Å². The molecule has 1 spiro atoms. The maximum atomic E-state index is 11.7. The lowest BCUT2D eigenvalue weighted by Gasteiger charge is -2.38. The van der Waals surface area contributed by atoms with Crippen molar-refractivity contribution in [3.05, 3.63) is 0 Å². The van der Waals surface area contributed by atoms with Crippen LogP contribution < -0.4 is 0 Å². The van der Waals surface area contributed by atoms with Gasteiger partial charge in [-0.2, -0.15) is 0 Å². The summed E-state index contributed by atoms with van der Waals surface area (Å²) in [6.07, 6.45) is 2.43. The average Bonchev–Trinajstić information content (AvgIpc) is 2.67. The Morgan fingerprint density at radius 1 is 1.40 bits per heavy atom. The predicted molar refractivity (Wildman–Crippen MR) is 58.9 cm³/mol. The van der Waals surface area contributed by atoms with Gasteiger partial charge >= 0.3 is 0 Å². The summed E-state index contributed by atoms with van der Waals surface area (Å²) in [7, 11) is 0. The van der Waals surface area contributed by atoms with Crippen LogP contribution >= 0.6 is 15.9 Å². The van der Waals surface area contributed by atoms with E-state index in [0.717, 1.165) is 24.7 Å². The third-order valence-electron chi connectivity index (χ3n) is 2.89. The first-order chi connectivity index (χ1) is 7.26. The van der Waals surface area contributed by atoms with E-state index in [0.29, 0.717) is 26.2 Å². The zero-order chi connectivity index (χ0) is 10.7. The molecule has 0 saturated carbocycles. The standard InChI is InChI=1S/C10H16BrNO3/c11-4-2-9(13)12-5-1-3-10(8-12)14-6-7-15-10/h1-8H2. The number of amides is 1. The molecule has 4 nitrogen and oxygen atoms in total. The minimum absolute atomic E-state index is 0.185. The highest BCUT2D eigenvalue weighted by atomic mass is 79.9. The molecule has 2 aliphatic rings. The molecule has 0 aromatic heterocycles. The van der Waals surface area contributed by atoms with Crippen molar-refractivity contribution in [2.24, 2.45) is 0 Å². The molecule has 0 atom stereocenters. The largest absolute Gasteiger partial charge is 0.346 e. The summed E-state index contributed by atoms with van der Waals surface area (Å²) < 4.78 is 11.2. The molecule has 2 rings (SSSR count). The second kappa shape index (κ2) is 4.80. The highest BCUT2D eigenvalue weighted by Crippen LogP contribution is 2.30. The second-order valence-corrected chi connectivity index (χ2v) is 4.76. The molecule has 0 aliphatic carbocycles. The normalized spacial score (nSPS) is 24.7. The van der Waals surface area contributed by atoms with E-state index < -0.39 is 5.79 Å². The van der Waals surface area contributed by atoms with Crippen LogP contribution in [0.2, 0.25) is 0 Å². The van der Waals surface area contributed by atoms with Gasteiger partial charge in [0.2, 0.25) is 5.91 Å². The first-order valence-electron chi connectivity index (χ1n) is 5.37. The highest BCUT2D eigenvalue weighted by molar-refractivity contribution is 9.09. The van der Waals surface area contributed by atoms with E-state index in [9.17, 15) is 4.79 Å². The number of hydrogen-bond donors (Lipinski definition) is 0. The number of likely N-dealkylation sites (tertiary alicyclic amines) is 1. The second-order valence-electron chi connectivity index (χ2n) is 3.97. The monoisotopic (exact) mass is 277 g/mol. The van der Waals surface area contributed by atoms with Crippen molar-refractivity contribution in [3.63, 3.8) is 0 Å². The lowest BCUT2D eigenvalue weighted by molar-refractivity contribution is -0.192. The molecule has 2 aliphatic heterocycles. The maximum absolute atomic E-state index is 11.7.